The summed E-state index contributed by atoms with van der Waals surface area (Å²) in [6.07, 6.45) is 1.99. The van der Waals surface area contributed by atoms with Crippen LogP contribution in [0.25, 0.3) is 21.5 Å². The molecule has 0 aliphatic carbocycles. The Bertz CT molecular complexity index is 1130. The third kappa shape index (κ3) is 3.32. The van der Waals surface area contributed by atoms with E-state index >= 15 is 0 Å². The lowest BCUT2D eigenvalue weighted by molar-refractivity contribution is 0.509. The summed E-state index contributed by atoms with van der Waals surface area (Å²) < 4.78 is 24.0. The molecule has 0 amide bonds. The van der Waals surface area contributed by atoms with Gasteiger partial charge < -0.3 is 5.11 Å². The molecule has 0 atom stereocenters. The summed E-state index contributed by atoms with van der Waals surface area (Å²) in [5.41, 5.74) is 0.280. The first-order valence-electron chi connectivity index (χ1n) is 6.73. The smallest absolute Gasteiger partial charge is 0.247 e. The number of aromatic nitrogens is 3. The lowest BCUT2D eigenvalue weighted by atomic mass is 10.2. The number of benzene rings is 1. The van der Waals surface area contributed by atoms with Crippen molar-refractivity contribution in [1.29, 1.82) is 5.26 Å². The molecule has 0 bridgehead atoms. The van der Waals surface area contributed by atoms with E-state index < -0.39 is 20.8 Å². The van der Waals surface area contributed by atoms with E-state index in [2.05, 4.69) is 15.0 Å². The SMILES string of the molecule is CS(=O)(=O)c1ncc(Cl)c(/C(O)=C(\C#N)c2nc3ccccc3s2)n1. The number of rotatable bonds is 3. The number of aliphatic hydroxyl groups excluding tert-OH is 1. The van der Waals surface area contributed by atoms with Gasteiger partial charge in [-0.2, -0.15) is 5.26 Å². The average Bonchev–Trinajstić information content (AvgIpc) is 2.98. The fourth-order valence-electron chi connectivity index (χ4n) is 2.00. The molecule has 0 aliphatic heterocycles. The Morgan fingerprint density at radius 2 is 2.04 bits per heavy atom. The third-order valence-corrected chi connectivity index (χ3v) is 5.32. The fraction of sp³-hybridized carbons (Fsp3) is 0.0667. The molecule has 0 saturated heterocycles. The first-order chi connectivity index (χ1) is 11.8. The molecule has 10 heteroatoms. The number of hydrogen-bond acceptors (Lipinski definition) is 8. The minimum Gasteiger partial charge on any atom is -0.504 e. The van der Waals surface area contributed by atoms with Gasteiger partial charge in [0.1, 0.15) is 22.3 Å². The minimum absolute atomic E-state index is 0.0845. The molecule has 7 nitrogen and oxygen atoms in total. The van der Waals surface area contributed by atoms with Crippen molar-refractivity contribution in [3.05, 3.63) is 46.2 Å². The highest BCUT2D eigenvalue weighted by Gasteiger charge is 2.21. The van der Waals surface area contributed by atoms with Crippen LogP contribution >= 0.6 is 22.9 Å². The van der Waals surface area contributed by atoms with Crippen LogP contribution < -0.4 is 0 Å². The van der Waals surface area contributed by atoms with E-state index in [1.54, 1.807) is 12.1 Å². The molecule has 3 aromatic rings. The average molecular weight is 393 g/mol. The van der Waals surface area contributed by atoms with Crippen LogP contribution in [0.2, 0.25) is 5.02 Å². The number of sulfone groups is 1. The van der Waals surface area contributed by atoms with Gasteiger partial charge in [-0.05, 0) is 12.1 Å². The highest BCUT2D eigenvalue weighted by Crippen LogP contribution is 2.32. The van der Waals surface area contributed by atoms with Gasteiger partial charge in [0, 0.05) is 6.26 Å². The summed E-state index contributed by atoms with van der Waals surface area (Å²) in [4.78, 5) is 11.7. The summed E-state index contributed by atoms with van der Waals surface area (Å²) in [6, 6.07) is 9.13. The topological polar surface area (TPSA) is 117 Å². The summed E-state index contributed by atoms with van der Waals surface area (Å²) in [6.45, 7) is 0. The first-order valence-corrected chi connectivity index (χ1v) is 9.82. The van der Waals surface area contributed by atoms with Gasteiger partial charge in [-0.25, -0.2) is 23.4 Å². The minimum atomic E-state index is -3.70. The number of hydrogen-bond donors (Lipinski definition) is 1. The Balaban J connectivity index is 2.22. The zero-order valence-electron chi connectivity index (χ0n) is 12.6. The molecule has 3 rings (SSSR count). The second-order valence-corrected chi connectivity index (χ2v) is 8.29. The second-order valence-electron chi connectivity index (χ2n) is 4.94. The summed E-state index contributed by atoms with van der Waals surface area (Å²) in [7, 11) is -3.70. The van der Waals surface area contributed by atoms with Crippen LogP contribution in [0.5, 0.6) is 0 Å². The third-order valence-electron chi connectivity index (χ3n) is 3.13. The van der Waals surface area contributed by atoms with E-state index in [0.717, 1.165) is 17.2 Å². The van der Waals surface area contributed by atoms with Crippen LogP contribution in [0.4, 0.5) is 0 Å². The number of halogens is 1. The van der Waals surface area contributed by atoms with Gasteiger partial charge in [-0.1, -0.05) is 23.7 Å². The molecule has 0 unspecified atom stereocenters. The maximum Gasteiger partial charge on any atom is 0.247 e. The molecule has 0 fully saturated rings. The lowest BCUT2D eigenvalue weighted by Crippen LogP contribution is -2.07. The summed E-state index contributed by atoms with van der Waals surface area (Å²) in [5, 5.41) is 19.6. The Hall–Kier alpha value is -2.54. The molecule has 0 saturated carbocycles. The molecule has 0 spiro atoms. The Kier molecular flexibility index (Phi) is 4.43. The lowest BCUT2D eigenvalue weighted by Gasteiger charge is -2.05. The van der Waals surface area contributed by atoms with Crippen LogP contribution in [0, 0.1) is 11.3 Å². The zero-order chi connectivity index (χ0) is 18.2. The van der Waals surface area contributed by atoms with Gasteiger partial charge in [0.2, 0.25) is 15.0 Å². The van der Waals surface area contributed by atoms with E-state index in [9.17, 15) is 18.8 Å². The molecule has 0 radical (unpaired) electrons. The number of para-hydroxylation sites is 1. The monoisotopic (exact) mass is 392 g/mol. The fourth-order valence-corrected chi connectivity index (χ4v) is 3.64. The summed E-state index contributed by atoms with van der Waals surface area (Å²) in [5.74, 6) is -0.557. The number of nitriles is 1. The quantitative estimate of drug-likeness (QED) is 0.413. The highest BCUT2D eigenvalue weighted by atomic mass is 35.5. The van der Waals surface area contributed by atoms with E-state index in [0.29, 0.717) is 5.52 Å². The van der Waals surface area contributed by atoms with Crippen LogP contribution in [0.15, 0.2) is 35.6 Å². The van der Waals surface area contributed by atoms with Crippen molar-refractivity contribution < 1.29 is 13.5 Å². The van der Waals surface area contributed by atoms with Gasteiger partial charge in [-0.15, -0.1) is 11.3 Å². The standard InChI is InChI=1S/C15H9ClN4O3S2/c1-25(22,23)15-18-7-9(16)12(20-15)13(21)8(6-17)14-19-10-4-2-3-5-11(10)24-14/h2-5,7,21H,1H3/b13-8-. The molecule has 126 valence electrons. The van der Waals surface area contributed by atoms with Crippen LogP contribution in [-0.2, 0) is 9.84 Å². The highest BCUT2D eigenvalue weighted by molar-refractivity contribution is 7.90. The normalized spacial score (nSPS) is 12.7. The van der Waals surface area contributed by atoms with Gasteiger partial charge >= 0.3 is 0 Å². The van der Waals surface area contributed by atoms with Crippen molar-refractivity contribution in [1.82, 2.24) is 15.0 Å². The number of aliphatic hydroxyl groups is 1. The van der Waals surface area contributed by atoms with Crippen LogP contribution in [-0.4, -0.2) is 34.7 Å². The maximum absolute atomic E-state index is 11.6. The van der Waals surface area contributed by atoms with Gasteiger partial charge in [-0.3, -0.25) is 0 Å². The van der Waals surface area contributed by atoms with Crippen molar-refractivity contribution in [2.45, 2.75) is 5.16 Å². The zero-order valence-corrected chi connectivity index (χ0v) is 15.0. The molecule has 2 heterocycles. The molecule has 2 aromatic heterocycles. The largest absolute Gasteiger partial charge is 0.504 e. The predicted molar refractivity (Wildman–Crippen MR) is 94.8 cm³/mol. The van der Waals surface area contributed by atoms with E-state index in [1.165, 1.54) is 11.3 Å². The molecule has 1 aromatic carbocycles. The van der Waals surface area contributed by atoms with Gasteiger partial charge in [0.25, 0.3) is 0 Å². The first kappa shape index (κ1) is 17.3. The molecule has 0 aliphatic rings. The summed E-state index contributed by atoms with van der Waals surface area (Å²) >= 11 is 7.18. The molecule has 1 N–H and O–H groups in total. The Morgan fingerprint density at radius 1 is 1.32 bits per heavy atom. The van der Waals surface area contributed by atoms with Crippen molar-refractivity contribution in [3.63, 3.8) is 0 Å². The molecule has 25 heavy (non-hydrogen) atoms. The number of nitrogens with zero attached hydrogens (tertiary/aromatic N) is 4. The van der Waals surface area contributed by atoms with Gasteiger partial charge in [0.15, 0.2) is 5.76 Å². The molecular formula is C15H9ClN4O3S2. The van der Waals surface area contributed by atoms with Gasteiger partial charge in [0.05, 0.1) is 21.4 Å². The van der Waals surface area contributed by atoms with Crippen LogP contribution in [0.1, 0.15) is 10.7 Å². The number of fused-ring (bicyclic) bond motifs is 1. The van der Waals surface area contributed by atoms with E-state index in [4.69, 9.17) is 11.6 Å². The van der Waals surface area contributed by atoms with Crippen molar-refractivity contribution in [3.8, 4) is 6.07 Å². The molecular weight excluding hydrogens is 384 g/mol. The second kappa shape index (κ2) is 6.40. The van der Waals surface area contributed by atoms with Crippen molar-refractivity contribution in [2.24, 2.45) is 0 Å². The van der Waals surface area contributed by atoms with Crippen molar-refractivity contribution >= 4 is 54.3 Å². The number of allylic oxidation sites excluding steroid dienone is 1. The number of thiazole rings is 1. The Labute approximate surface area is 151 Å². The van der Waals surface area contributed by atoms with E-state index in [1.807, 2.05) is 18.2 Å². The Morgan fingerprint density at radius 3 is 2.68 bits per heavy atom. The maximum atomic E-state index is 11.6. The van der Waals surface area contributed by atoms with Crippen molar-refractivity contribution in [2.75, 3.05) is 6.26 Å². The van der Waals surface area contributed by atoms with Crippen LogP contribution in [0.3, 0.4) is 0 Å². The predicted octanol–water partition coefficient (Wildman–Crippen LogP) is 3.09. The van der Waals surface area contributed by atoms with E-state index in [-0.39, 0.29) is 21.3 Å².